The van der Waals surface area contributed by atoms with Gasteiger partial charge in [-0.05, 0) is 42.2 Å². The Balaban J connectivity index is 1.43. The highest BCUT2D eigenvalue weighted by Crippen LogP contribution is 2.38. The van der Waals surface area contributed by atoms with Gasteiger partial charge in [-0.2, -0.15) is 0 Å². The summed E-state index contributed by atoms with van der Waals surface area (Å²) < 4.78 is 12.0. The van der Waals surface area contributed by atoms with Crippen molar-refractivity contribution < 1.29 is 24.2 Å². The number of thiazole rings is 1. The number of aryl methyl sites for hydroxylation is 1. The monoisotopic (exact) mass is 424 g/mol. The third kappa shape index (κ3) is 4.44. The van der Waals surface area contributed by atoms with Crippen molar-refractivity contribution in [3.63, 3.8) is 0 Å². The molecule has 1 aliphatic heterocycles. The number of carboxylic acid groups (broad SMARTS) is 1. The number of carbonyl (C=O) groups excluding carboxylic acids is 1. The summed E-state index contributed by atoms with van der Waals surface area (Å²) in [5.41, 5.74) is 2.23. The molecule has 1 atom stereocenters. The van der Waals surface area contributed by atoms with E-state index in [1.807, 2.05) is 36.4 Å². The summed E-state index contributed by atoms with van der Waals surface area (Å²) in [6.45, 7) is -0.373. The third-order valence-electron chi connectivity index (χ3n) is 4.77. The fourth-order valence-corrected chi connectivity index (χ4v) is 4.08. The number of benzene rings is 2. The van der Waals surface area contributed by atoms with Crippen molar-refractivity contribution in [1.82, 2.24) is 9.88 Å². The van der Waals surface area contributed by atoms with Gasteiger partial charge >= 0.3 is 5.97 Å². The second-order valence-corrected chi connectivity index (χ2v) is 7.97. The molecule has 0 radical (unpaired) electrons. The van der Waals surface area contributed by atoms with Crippen LogP contribution < -0.4 is 9.47 Å². The average Bonchev–Trinajstić information content (AvgIpc) is 3.21. The summed E-state index contributed by atoms with van der Waals surface area (Å²) in [4.78, 5) is 28.6. The lowest BCUT2D eigenvalue weighted by atomic mass is 9.97. The molecule has 7 nitrogen and oxygen atoms in total. The van der Waals surface area contributed by atoms with Crippen molar-refractivity contribution >= 4 is 23.2 Å². The lowest BCUT2D eigenvalue weighted by Gasteiger charge is -2.26. The Bertz CT molecular complexity index is 1070. The lowest BCUT2D eigenvalue weighted by Crippen LogP contribution is -2.31. The minimum Gasteiger partial charge on any atom is -0.485 e. The number of carbonyl (C=O) groups is 2. The number of aromatic nitrogens is 1. The fraction of sp³-hybridized carbons (Fsp3) is 0.227. The quantitative estimate of drug-likeness (QED) is 0.639. The van der Waals surface area contributed by atoms with Crippen molar-refractivity contribution in [3.05, 3.63) is 70.7 Å². The zero-order chi connectivity index (χ0) is 21.1. The van der Waals surface area contributed by atoms with Crippen LogP contribution in [0.3, 0.4) is 0 Å². The second kappa shape index (κ2) is 8.54. The Kier molecular flexibility index (Phi) is 5.67. The number of hydrogen-bond acceptors (Lipinski definition) is 6. The van der Waals surface area contributed by atoms with Crippen molar-refractivity contribution in [2.75, 3.05) is 13.6 Å². The molecule has 0 bridgehead atoms. The number of likely N-dealkylation sites (N-methyl/N-ethyl adjacent to an activating group) is 1. The molecule has 4 rings (SSSR count). The molecule has 0 saturated carbocycles. The molecule has 2 aromatic carbocycles. The van der Waals surface area contributed by atoms with E-state index in [0.29, 0.717) is 15.8 Å². The van der Waals surface area contributed by atoms with Gasteiger partial charge < -0.3 is 19.5 Å². The van der Waals surface area contributed by atoms with Crippen LogP contribution in [0.1, 0.15) is 33.3 Å². The first-order valence-electron chi connectivity index (χ1n) is 9.45. The number of rotatable bonds is 6. The van der Waals surface area contributed by atoms with E-state index in [2.05, 4.69) is 17.1 Å². The summed E-state index contributed by atoms with van der Waals surface area (Å²) in [5.74, 6) is -0.0244. The van der Waals surface area contributed by atoms with Gasteiger partial charge in [0.1, 0.15) is 29.0 Å². The highest BCUT2D eigenvalue weighted by molar-refractivity contribution is 7.15. The van der Waals surface area contributed by atoms with Crippen LogP contribution in [0.4, 0.5) is 0 Å². The van der Waals surface area contributed by atoms with E-state index in [9.17, 15) is 9.59 Å². The van der Waals surface area contributed by atoms with Gasteiger partial charge in [0, 0.05) is 7.05 Å². The predicted octanol–water partition coefficient (Wildman–Crippen LogP) is 4.16. The number of ether oxygens (including phenoxy) is 2. The largest absolute Gasteiger partial charge is 0.485 e. The Morgan fingerprint density at radius 1 is 1.27 bits per heavy atom. The lowest BCUT2D eigenvalue weighted by molar-refractivity contribution is -0.137. The summed E-state index contributed by atoms with van der Waals surface area (Å²) in [6.07, 6.45) is 3.19. The van der Waals surface area contributed by atoms with Crippen molar-refractivity contribution in [2.45, 2.75) is 18.9 Å². The average molecular weight is 424 g/mol. The molecule has 0 saturated heterocycles. The molecule has 0 fully saturated rings. The van der Waals surface area contributed by atoms with Crippen LogP contribution in [0.5, 0.6) is 16.7 Å². The molecule has 3 aromatic rings. The van der Waals surface area contributed by atoms with Crippen LogP contribution >= 0.6 is 11.3 Å². The van der Waals surface area contributed by atoms with Crippen LogP contribution in [0.25, 0.3) is 0 Å². The minimum absolute atomic E-state index is 0.0424. The van der Waals surface area contributed by atoms with Crippen LogP contribution in [0.2, 0.25) is 0 Å². The Morgan fingerprint density at radius 3 is 2.83 bits per heavy atom. The predicted molar refractivity (Wildman–Crippen MR) is 111 cm³/mol. The summed E-state index contributed by atoms with van der Waals surface area (Å²) in [7, 11) is 1.43. The van der Waals surface area contributed by atoms with E-state index >= 15 is 0 Å². The number of hydrogen-bond donors (Lipinski definition) is 1. The number of fused-ring (bicyclic) bond motifs is 1. The second-order valence-electron chi connectivity index (χ2n) is 6.97. The maximum absolute atomic E-state index is 12.2. The molecular formula is C22H20N2O5S. The molecule has 30 heavy (non-hydrogen) atoms. The highest BCUT2D eigenvalue weighted by atomic mass is 32.1. The summed E-state index contributed by atoms with van der Waals surface area (Å²) >= 11 is 1.08. The van der Waals surface area contributed by atoms with E-state index in [-0.39, 0.29) is 12.6 Å². The molecule has 1 unspecified atom stereocenters. The maximum Gasteiger partial charge on any atom is 0.323 e. The molecule has 0 aliphatic carbocycles. The maximum atomic E-state index is 12.2. The highest BCUT2D eigenvalue weighted by Gasteiger charge is 2.22. The van der Waals surface area contributed by atoms with Crippen LogP contribution in [0.15, 0.2) is 54.7 Å². The molecule has 8 heteroatoms. The van der Waals surface area contributed by atoms with Gasteiger partial charge in [-0.25, -0.2) is 4.98 Å². The van der Waals surface area contributed by atoms with Crippen molar-refractivity contribution in [1.29, 1.82) is 0 Å². The van der Waals surface area contributed by atoms with Gasteiger partial charge in [0.2, 0.25) is 0 Å². The van der Waals surface area contributed by atoms with Gasteiger partial charge in [0.25, 0.3) is 11.1 Å². The van der Waals surface area contributed by atoms with Crippen molar-refractivity contribution in [3.8, 4) is 16.7 Å². The van der Waals surface area contributed by atoms with E-state index in [1.54, 1.807) is 0 Å². The fourth-order valence-electron chi connectivity index (χ4n) is 3.30. The van der Waals surface area contributed by atoms with Gasteiger partial charge in [0.15, 0.2) is 0 Å². The third-order valence-corrected chi connectivity index (χ3v) is 5.63. The molecule has 1 aliphatic rings. The smallest absolute Gasteiger partial charge is 0.323 e. The minimum atomic E-state index is -1.07. The van der Waals surface area contributed by atoms with E-state index in [0.717, 1.165) is 46.0 Å². The van der Waals surface area contributed by atoms with E-state index in [1.165, 1.54) is 13.2 Å². The van der Waals surface area contributed by atoms with Gasteiger partial charge in [-0.15, -0.1) is 0 Å². The summed E-state index contributed by atoms with van der Waals surface area (Å²) in [5, 5.41) is 9.14. The normalized spacial score (nSPS) is 15.0. The topological polar surface area (TPSA) is 89.0 Å². The number of carboxylic acids is 1. The van der Waals surface area contributed by atoms with Crippen LogP contribution in [-0.4, -0.2) is 40.5 Å². The molecule has 1 amide bonds. The van der Waals surface area contributed by atoms with E-state index in [4.69, 9.17) is 14.6 Å². The van der Waals surface area contributed by atoms with Crippen LogP contribution in [0, 0.1) is 0 Å². The molecule has 2 heterocycles. The SMILES string of the molecule is CN(CC(=O)O)C(=O)c1cnc(Oc2ccc3c(c2)CCC(c2ccccc2)O3)s1. The Labute approximate surface area is 177 Å². The first kappa shape index (κ1) is 19.9. The Morgan fingerprint density at radius 2 is 2.07 bits per heavy atom. The van der Waals surface area contributed by atoms with Gasteiger partial charge in [0.05, 0.1) is 6.20 Å². The number of amides is 1. The first-order chi connectivity index (χ1) is 14.5. The standard InChI is InChI=1S/C22H20N2O5S/c1-24(13-20(25)26)21(27)19-12-23-22(30-19)28-16-8-10-18-15(11-16)7-9-17(29-18)14-5-3-2-4-6-14/h2-6,8,10-12,17H,7,9,13H2,1H3,(H,25,26). The van der Waals surface area contributed by atoms with Crippen molar-refractivity contribution in [2.24, 2.45) is 0 Å². The molecule has 1 N–H and O–H groups in total. The Hall–Kier alpha value is -3.39. The van der Waals surface area contributed by atoms with E-state index < -0.39 is 11.9 Å². The molecule has 1 aromatic heterocycles. The van der Waals surface area contributed by atoms with Gasteiger partial charge in [-0.1, -0.05) is 41.7 Å². The first-order valence-corrected chi connectivity index (χ1v) is 10.3. The van der Waals surface area contributed by atoms with Gasteiger partial charge in [-0.3, -0.25) is 9.59 Å². The number of aliphatic carboxylic acids is 1. The zero-order valence-electron chi connectivity index (χ0n) is 16.3. The molecule has 154 valence electrons. The number of nitrogens with zero attached hydrogens (tertiary/aromatic N) is 2. The molecule has 0 spiro atoms. The summed E-state index contributed by atoms with van der Waals surface area (Å²) in [6, 6.07) is 15.8. The zero-order valence-corrected chi connectivity index (χ0v) is 17.1. The van der Waals surface area contributed by atoms with Crippen LogP contribution in [-0.2, 0) is 11.2 Å². The molecular weight excluding hydrogens is 404 g/mol.